The van der Waals surface area contributed by atoms with E-state index >= 15 is 0 Å². The first-order valence-electron chi connectivity index (χ1n) is 6.05. The van der Waals surface area contributed by atoms with Crippen LogP contribution in [0, 0.1) is 0 Å². The number of nitrogens with one attached hydrogen (secondary N) is 1. The Morgan fingerprint density at radius 3 is 2.95 bits per heavy atom. The van der Waals surface area contributed by atoms with Crippen molar-refractivity contribution < 1.29 is 9.53 Å². The summed E-state index contributed by atoms with van der Waals surface area (Å²) >= 11 is 11.2. The lowest BCUT2D eigenvalue weighted by atomic mass is 10.3. The van der Waals surface area contributed by atoms with Crippen LogP contribution >= 0.6 is 23.8 Å². The Morgan fingerprint density at radius 1 is 1.60 bits per heavy atom. The van der Waals surface area contributed by atoms with Gasteiger partial charge in [0.25, 0.3) is 5.91 Å². The second kappa shape index (κ2) is 6.34. The van der Waals surface area contributed by atoms with Crippen molar-refractivity contribution in [3.63, 3.8) is 0 Å². The summed E-state index contributed by atoms with van der Waals surface area (Å²) in [6.45, 7) is 1.11. The number of halogens is 1. The first kappa shape index (κ1) is 15.0. The van der Waals surface area contributed by atoms with Crippen molar-refractivity contribution in [2.24, 2.45) is 7.05 Å². The number of rotatable bonds is 5. The van der Waals surface area contributed by atoms with Gasteiger partial charge >= 0.3 is 0 Å². The summed E-state index contributed by atoms with van der Waals surface area (Å²) in [5.74, 6) is -0.164. The van der Waals surface area contributed by atoms with Crippen LogP contribution in [0.2, 0.25) is 5.02 Å². The molecule has 2 rings (SSSR count). The van der Waals surface area contributed by atoms with Gasteiger partial charge < -0.3 is 10.1 Å². The van der Waals surface area contributed by atoms with Gasteiger partial charge in [0.1, 0.15) is 5.70 Å². The molecule has 20 heavy (non-hydrogen) atoms. The lowest BCUT2D eigenvalue weighted by Gasteiger charge is -2.12. The van der Waals surface area contributed by atoms with Crippen LogP contribution < -0.4 is 5.32 Å². The summed E-state index contributed by atoms with van der Waals surface area (Å²) in [5, 5.41) is 7.81. The molecule has 1 saturated heterocycles. The summed E-state index contributed by atoms with van der Waals surface area (Å²) in [6, 6.07) is 0. The van der Waals surface area contributed by atoms with E-state index in [1.165, 1.54) is 11.1 Å². The molecule has 0 aromatic carbocycles. The lowest BCUT2D eigenvalue weighted by Crippen LogP contribution is -2.32. The Hall–Kier alpha value is -1.44. The molecule has 0 aliphatic carbocycles. The first-order valence-corrected chi connectivity index (χ1v) is 6.84. The molecule has 1 aliphatic heterocycles. The summed E-state index contributed by atoms with van der Waals surface area (Å²) in [4.78, 5) is 13.8. The molecule has 1 fully saturated rings. The van der Waals surface area contributed by atoms with Crippen LogP contribution in [0.1, 0.15) is 12.1 Å². The molecule has 8 heteroatoms. The van der Waals surface area contributed by atoms with Crippen LogP contribution in [-0.4, -0.2) is 46.0 Å². The molecule has 0 saturated carbocycles. The summed E-state index contributed by atoms with van der Waals surface area (Å²) in [7, 11) is 3.38. The van der Waals surface area contributed by atoms with E-state index in [2.05, 4.69) is 10.4 Å². The lowest BCUT2D eigenvalue weighted by molar-refractivity contribution is -0.122. The maximum atomic E-state index is 12.3. The zero-order valence-electron chi connectivity index (χ0n) is 11.2. The van der Waals surface area contributed by atoms with Gasteiger partial charge in [0.15, 0.2) is 5.11 Å². The van der Waals surface area contributed by atoms with Gasteiger partial charge in [-0.1, -0.05) is 11.6 Å². The van der Waals surface area contributed by atoms with Crippen LogP contribution in [0.15, 0.2) is 11.9 Å². The van der Waals surface area contributed by atoms with Crippen LogP contribution in [0.4, 0.5) is 0 Å². The zero-order chi connectivity index (χ0) is 14.7. The molecular weight excluding hydrogens is 300 g/mol. The minimum Gasteiger partial charge on any atom is -0.385 e. The third kappa shape index (κ3) is 3.00. The topological polar surface area (TPSA) is 59.4 Å². The standard InChI is InChI=1S/C12H15ClN4O2S/c1-16-10(8(13)7-14-16)6-9-11(18)17(12(20)15-9)4-3-5-19-2/h6-7H,3-5H2,1-2H3,(H,15,20)/b9-6+. The molecule has 0 unspecified atom stereocenters. The number of thiocarbonyl (C=S) groups is 1. The van der Waals surface area contributed by atoms with Crippen LogP contribution in [-0.2, 0) is 16.6 Å². The number of ether oxygens (including phenoxy) is 1. The van der Waals surface area contributed by atoms with Gasteiger partial charge in [-0.25, -0.2) is 0 Å². The SMILES string of the molecule is COCCCN1C(=O)/C(=C\c2c(Cl)cnn2C)NC1=S. The van der Waals surface area contributed by atoms with Gasteiger partial charge in [0.2, 0.25) is 0 Å². The number of amides is 1. The highest BCUT2D eigenvalue weighted by molar-refractivity contribution is 7.80. The van der Waals surface area contributed by atoms with Crippen molar-refractivity contribution in [3.8, 4) is 0 Å². The number of aryl methyl sites for hydroxylation is 1. The molecule has 1 amide bonds. The molecule has 0 bridgehead atoms. The summed E-state index contributed by atoms with van der Waals surface area (Å²) < 4.78 is 6.57. The Morgan fingerprint density at radius 2 is 2.35 bits per heavy atom. The van der Waals surface area contributed by atoms with Gasteiger partial charge in [-0.15, -0.1) is 0 Å². The summed E-state index contributed by atoms with van der Waals surface area (Å²) in [5.41, 5.74) is 1.06. The van der Waals surface area contributed by atoms with E-state index in [0.29, 0.717) is 34.7 Å². The van der Waals surface area contributed by atoms with Crippen molar-refractivity contribution in [2.45, 2.75) is 6.42 Å². The van der Waals surface area contributed by atoms with Gasteiger partial charge in [0, 0.05) is 27.3 Å². The van der Waals surface area contributed by atoms with E-state index < -0.39 is 0 Å². The van der Waals surface area contributed by atoms with Crippen molar-refractivity contribution >= 4 is 40.9 Å². The second-order valence-corrected chi connectivity index (χ2v) is 5.09. The van der Waals surface area contributed by atoms with E-state index in [0.717, 1.165) is 6.42 Å². The predicted octanol–water partition coefficient (Wildman–Crippen LogP) is 1.17. The number of methoxy groups -OCH3 is 1. The largest absolute Gasteiger partial charge is 0.385 e. The second-order valence-electron chi connectivity index (χ2n) is 4.29. The Labute approximate surface area is 127 Å². The van der Waals surface area contributed by atoms with Crippen LogP contribution in [0.3, 0.4) is 0 Å². The van der Waals surface area contributed by atoms with Gasteiger partial charge in [0.05, 0.1) is 16.9 Å². The minimum atomic E-state index is -0.164. The number of carbonyl (C=O) groups is 1. The highest BCUT2D eigenvalue weighted by Crippen LogP contribution is 2.20. The van der Waals surface area contributed by atoms with Crippen molar-refractivity contribution in [1.82, 2.24) is 20.0 Å². The molecule has 1 aromatic rings. The number of carbonyl (C=O) groups excluding carboxylic acids is 1. The molecule has 0 spiro atoms. The molecule has 0 atom stereocenters. The predicted molar refractivity (Wildman–Crippen MR) is 80.1 cm³/mol. The maximum Gasteiger partial charge on any atom is 0.276 e. The quantitative estimate of drug-likeness (QED) is 0.502. The molecule has 1 aromatic heterocycles. The fourth-order valence-electron chi connectivity index (χ4n) is 1.86. The van der Waals surface area contributed by atoms with E-state index in [4.69, 9.17) is 28.6 Å². The van der Waals surface area contributed by atoms with Crippen molar-refractivity contribution in [2.75, 3.05) is 20.3 Å². The third-order valence-electron chi connectivity index (χ3n) is 2.91. The van der Waals surface area contributed by atoms with Gasteiger partial charge in [-0.05, 0) is 24.7 Å². The molecule has 108 valence electrons. The fourth-order valence-corrected chi connectivity index (χ4v) is 2.37. The smallest absolute Gasteiger partial charge is 0.276 e. The zero-order valence-corrected chi connectivity index (χ0v) is 12.8. The van der Waals surface area contributed by atoms with Gasteiger partial charge in [-0.3, -0.25) is 14.4 Å². The fraction of sp³-hybridized carbons (Fsp3) is 0.417. The Bertz CT molecular complexity index is 550. The average molecular weight is 315 g/mol. The third-order valence-corrected chi connectivity index (χ3v) is 3.52. The van der Waals surface area contributed by atoms with Crippen LogP contribution in [0.25, 0.3) is 6.08 Å². The van der Waals surface area contributed by atoms with E-state index in [9.17, 15) is 4.79 Å². The van der Waals surface area contributed by atoms with E-state index in [1.807, 2.05) is 0 Å². The molecular formula is C12H15ClN4O2S. The van der Waals surface area contributed by atoms with Crippen molar-refractivity contribution in [1.29, 1.82) is 0 Å². The highest BCUT2D eigenvalue weighted by atomic mass is 35.5. The maximum absolute atomic E-state index is 12.3. The molecule has 1 aliphatic rings. The van der Waals surface area contributed by atoms with Crippen LogP contribution in [0.5, 0.6) is 0 Å². The molecule has 6 nitrogen and oxygen atoms in total. The first-order chi connectivity index (χ1) is 9.54. The van der Waals surface area contributed by atoms with Gasteiger partial charge in [-0.2, -0.15) is 5.10 Å². The number of hydrogen-bond donors (Lipinski definition) is 1. The minimum absolute atomic E-state index is 0.164. The monoisotopic (exact) mass is 314 g/mol. The Kier molecular flexibility index (Phi) is 4.74. The van der Waals surface area contributed by atoms with Crippen molar-refractivity contribution in [3.05, 3.63) is 22.6 Å². The molecule has 1 N–H and O–H groups in total. The number of nitrogens with zero attached hydrogens (tertiary/aromatic N) is 3. The Balaban J connectivity index is 2.15. The number of hydrogen-bond acceptors (Lipinski definition) is 4. The highest BCUT2D eigenvalue weighted by Gasteiger charge is 2.30. The number of aromatic nitrogens is 2. The normalized spacial score (nSPS) is 17.1. The average Bonchev–Trinajstić information content (AvgIpc) is 2.86. The molecule has 0 radical (unpaired) electrons. The summed E-state index contributed by atoms with van der Waals surface area (Å²) in [6.07, 6.45) is 3.91. The molecule has 2 heterocycles. The van der Waals surface area contributed by atoms with E-state index in [-0.39, 0.29) is 5.91 Å². The van der Waals surface area contributed by atoms with E-state index in [1.54, 1.807) is 24.9 Å².